The molecule has 0 N–H and O–H groups in total. The Morgan fingerprint density at radius 3 is 2.46 bits per heavy atom. The van der Waals surface area contributed by atoms with Gasteiger partial charge in [-0.05, 0) is 5.56 Å². The molecule has 2 atom stereocenters. The highest BCUT2D eigenvalue weighted by atomic mass is 127. The van der Waals surface area contributed by atoms with Crippen molar-refractivity contribution in [3.8, 4) is 0 Å². The molecule has 13 heavy (non-hydrogen) atoms. The molecular weight excluding hydrogens is 277 g/mol. The fourth-order valence-electron chi connectivity index (χ4n) is 1.15. The number of aliphatic imine (C=N–C) groups is 1. The molecule has 0 amide bonds. The van der Waals surface area contributed by atoms with Gasteiger partial charge in [-0.1, -0.05) is 59.8 Å². The average Bonchev–Trinajstić information content (AvgIpc) is 2.15. The lowest BCUT2D eigenvalue weighted by molar-refractivity contribution is 0.557. The molecule has 0 aliphatic rings. The Balaban J connectivity index is 2.95. The monoisotopic (exact) mass is 287 g/mol. The molecule has 2 nitrogen and oxygen atoms in total. The fraction of sp³-hybridized carbons (Fsp3) is 0.300. The number of halogens is 1. The summed E-state index contributed by atoms with van der Waals surface area (Å²) in [7, 11) is 0. The van der Waals surface area contributed by atoms with E-state index in [2.05, 4.69) is 27.6 Å². The molecule has 68 valence electrons. The quantitative estimate of drug-likeness (QED) is 0.364. The molecule has 1 aromatic rings. The second-order valence-electron chi connectivity index (χ2n) is 2.75. The van der Waals surface area contributed by atoms with Gasteiger partial charge in [-0.2, -0.15) is 4.99 Å². The first-order chi connectivity index (χ1) is 6.25. The Kier molecular flexibility index (Phi) is 4.12. The van der Waals surface area contributed by atoms with E-state index in [1.807, 2.05) is 37.3 Å². The summed E-state index contributed by atoms with van der Waals surface area (Å²) in [6.07, 6.45) is 1.62. The SMILES string of the molecule is CC(I)C(N=C=O)c1ccccc1. The molecule has 0 aromatic heterocycles. The molecular formula is C10H10INO. The van der Waals surface area contributed by atoms with Crippen LogP contribution in [-0.2, 0) is 4.79 Å². The molecule has 0 saturated carbocycles. The van der Waals surface area contributed by atoms with Crippen LogP contribution in [0.2, 0.25) is 0 Å². The zero-order valence-electron chi connectivity index (χ0n) is 7.27. The lowest BCUT2D eigenvalue weighted by atomic mass is 10.1. The highest BCUT2D eigenvalue weighted by Gasteiger charge is 2.14. The second kappa shape index (κ2) is 5.14. The van der Waals surface area contributed by atoms with Crippen molar-refractivity contribution in [2.24, 2.45) is 4.99 Å². The van der Waals surface area contributed by atoms with Crippen molar-refractivity contribution in [3.05, 3.63) is 35.9 Å². The number of alkyl halides is 1. The number of hydrogen-bond donors (Lipinski definition) is 0. The molecule has 1 aromatic carbocycles. The van der Waals surface area contributed by atoms with E-state index in [9.17, 15) is 4.79 Å². The molecule has 0 radical (unpaired) electrons. The van der Waals surface area contributed by atoms with E-state index in [0.29, 0.717) is 3.92 Å². The molecule has 0 bridgehead atoms. The van der Waals surface area contributed by atoms with Crippen LogP contribution in [0.3, 0.4) is 0 Å². The summed E-state index contributed by atoms with van der Waals surface area (Å²) in [4.78, 5) is 14.0. The molecule has 3 heteroatoms. The van der Waals surface area contributed by atoms with Crippen LogP contribution in [0.5, 0.6) is 0 Å². The average molecular weight is 287 g/mol. The van der Waals surface area contributed by atoms with Gasteiger partial charge in [0.05, 0.1) is 6.04 Å². The maximum atomic E-state index is 10.2. The number of hydrogen-bond acceptors (Lipinski definition) is 2. The first kappa shape index (κ1) is 10.4. The van der Waals surface area contributed by atoms with Crippen molar-refractivity contribution in [1.82, 2.24) is 0 Å². The summed E-state index contributed by atoms with van der Waals surface area (Å²) in [5.41, 5.74) is 1.06. The Morgan fingerprint density at radius 1 is 1.38 bits per heavy atom. The van der Waals surface area contributed by atoms with E-state index < -0.39 is 0 Å². The summed E-state index contributed by atoms with van der Waals surface area (Å²) in [5, 5.41) is 0. The van der Waals surface area contributed by atoms with Crippen molar-refractivity contribution in [3.63, 3.8) is 0 Å². The number of carbonyl (C=O) groups excluding carboxylic acids is 1. The number of rotatable bonds is 3. The largest absolute Gasteiger partial charge is 0.235 e. The maximum Gasteiger partial charge on any atom is 0.235 e. The van der Waals surface area contributed by atoms with E-state index >= 15 is 0 Å². The minimum absolute atomic E-state index is 0.0701. The zero-order valence-corrected chi connectivity index (χ0v) is 9.43. The van der Waals surface area contributed by atoms with Gasteiger partial charge in [-0.3, -0.25) is 0 Å². The summed E-state index contributed by atoms with van der Waals surface area (Å²) < 4.78 is 0.293. The van der Waals surface area contributed by atoms with Crippen molar-refractivity contribution >= 4 is 28.7 Å². The predicted octanol–water partition coefficient (Wildman–Crippen LogP) is 2.89. The van der Waals surface area contributed by atoms with E-state index in [1.54, 1.807) is 6.08 Å². The van der Waals surface area contributed by atoms with Gasteiger partial charge in [-0.15, -0.1) is 0 Å². The highest BCUT2D eigenvalue weighted by Crippen LogP contribution is 2.25. The number of benzene rings is 1. The summed E-state index contributed by atoms with van der Waals surface area (Å²) in [6, 6.07) is 9.72. The normalized spacial score (nSPS) is 14.3. The molecule has 0 saturated heterocycles. The summed E-state index contributed by atoms with van der Waals surface area (Å²) >= 11 is 2.26. The van der Waals surface area contributed by atoms with Gasteiger partial charge < -0.3 is 0 Å². The molecule has 0 aliphatic heterocycles. The van der Waals surface area contributed by atoms with Crippen molar-refractivity contribution in [2.45, 2.75) is 16.9 Å². The van der Waals surface area contributed by atoms with Gasteiger partial charge in [0, 0.05) is 3.92 Å². The fourth-order valence-corrected chi connectivity index (χ4v) is 1.73. The van der Waals surface area contributed by atoms with Crippen molar-refractivity contribution < 1.29 is 4.79 Å². The van der Waals surface area contributed by atoms with Gasteiger partial charge in [0.1, 0.15) is 0 Å². The lowest BCUT2D eigenvalue weighted by Crippen LogP contribution is -2.05. The third-order valence-corrected chi connectivity index (χ3v) is 2.45. The van der Waals surface area contributed by atoms with Crippen LogP contribution in [0.25, 0.3) is 0 Å². The van der Waals surface area contributed by atoms with Crippen LogP contribution < -0.4 is 0 Å². The van der Waals surface area contributed by atoms with Gasteiger partial charge in [-0.25, -0.2) is 4.79 Å². The van der Waals surface area contributed by atoms with Gasteiger partial charge >= 0.3 is 0 Å². The summed E-state index contributed by atoms with van der Waals surface area (Å²) in [5.74, 6) is 0. The lowest BCUT2D eigenvalue weighted by Gasteiger charge is -2.12. The third-order valence-electron chi connectivity index (χ3n) is 1.77. The van der Waals surface area contributed by atoms with Crippen LogP contribution >= 0.6 is 22.6 Å². The molecule has 0 spiro atoms. The molecule has 1 rings (SSSR count). The Bertz CT molecular complexity index is 304. The minimum Gasteiger partial charge on any atom is -0.211 e. The van der Waals surface area contributed by atoms with Crippen LogP contribution in [0, 0.1) is 0 Å². The summed E-state index contributed by atoms with van der Waals surface area (Å²) in [6.45, 7) is 2.03. The number of nitrogens with zero attached hydrogens (tertiary/aromatic N) is 1. The number of isocyanates is 1. The highest BCUT2D eigenvalue weighted by molar-refractivity contribution is 14.1. The van der Waals surface area contributed by atoms with Gasteiger partial charge in [0.15, 0.2) is 0 Å². The maximum absolute atomic E-state index is 10.2. The van der Waals surface area contributed by atoms with E-state index in [1.165, 1.54) is 0 Å². The van der Waals surface area contributed by atoms with E-state index in [-0.39, 0.29) is 6.04 Å². The van der Waals surface area contributed by atoms with Gasteiger partial charge in [0.2, 0.25) is 6.08 Å². The van der Waals surface area contributed by atoms with Crippen LogP contribution in [0.15, 0.2) is 35.3 Å². The predicted molar refractivity (Wildman–Crippen MR) is 60.8 cm³/mol. The Labute approximate surface area is 91.2 Å². The first-order valence-electron chi connectivity index (χ1n) is 4.01. The van der Waals surface area contributed by atoms with E-state index in [4.69, 9.17) is 0 Å². The van der Waals surface area contributed by atoms with Gasteiger partial charge in [0.25, 0.3) is 0 Å². The minimum atomic E-state index is -0.0701. The van der Waals surface area contributed by atoms with Crippen molar-refractivity contribution in [2.75, 3.05) is 0 Å². The van der Waals surface area contributed by atoms with Crippen LogP contribution in [0.1, 0.15) is 18.5 Å². The zero-order chi connectivity index (χ0) is 9.68. The standard InChI is InChI=1S/C10H10INO/c1-8(11)10(12-7-13)9-5-3-2-4-6-9/h2-6,8,10H,1H3. The molecule has 2 unspecified atom stereocenters. The topological polar surface area (TPSA) is 29.4 Å². The molecule has 0 aliphatic carbocycles. The smallest absolute Gasteiger partial charge is 0.211 e. The Hall–Kier alpha value is -0.670. The molecule has 0 heterocycles. The first-order valence-corrected chi connectivity index (χ1v) is 5.26. The van der Waals surface area contributed by atoms with Crippen molar-refractivity contribution in [1.29, 1.82) is 0 Å². The van der Waals surface area contributed by atoms with Crippen LogP contribution in [-0.4, -0.2) is 10.0 Å². The van der Waals surface area contributed by atoms with Crippen LogP contribution in [0.4, 0.5) is 0 Å². The van der Waals surface area contributed by atoms with E-state index in [0.717, 1.165) is 5.56 Å². The second-order valence-corrected chi connectivity index (χ2v) is 4.72. The third kappa shape index (κ3) is 2.94. The molecule has 0 fully saturated rings. The Morgan fingerprint density at radius 2 is 2.00 bits per heavy atom.